The van der Waals surface area contributed by atoms with Crippen LogP contribution in [0.5, 0.6) is 0 Å². The third-order valence-corrected chi connectivity index (χ3v) is 6.02. The van der Waals surface area contributed by atoms with Gasteiger partial charge < -0.3 is 15.0 Å². The number of hydrogen-bond acceptors (Lipinski definition) is 4. The number of likely N-dealkylation sites (tertiary alicyclic amines) is 2. The van der Waals surface area contributed by atoms with Crippen molar-refractivity contribution in [2.24, 2.45) is 10.9 Å². The van der Waals surface area contributed by atoms with Crippen molar-refractivity contribution in [3.63, 3.8) is 0 Å². The first-order valence-electron chi connectivity index (χ1n) is 11.1. The summed E-state index contributed by atoms with van der Waals surface area (Å²) >= 11 is 0. The van der Waals surface area contributed by atoms with Crippen molar-refractivity contribution < 1.29 is 9.53 Å². The molecule has 0 unspecified atom stereocenters. The highest BCUT2D eigenvalue weighted by molar-refractivity contribution is 5.80. The fourth-order valence-electron chi connectivity index (χ4n) is 4.30. The van der Waals surface area contributed by atoms with Crippen molar-refractivity contribution in [3.8, 4) is 0 Å². The SMILES string of the molecule is CCNC(=NCc1ccccc1CN1CCCCC1)N1CCC(C(=O)OC)CC1. The Morgan fingerprint density at radius 3 is 2.45 bits per heavy atom. The maximum Gasteiger partial charge on any atom is 0.308 e. The molecule has 0 atom stereocenters. The van der Waals surface area contributed by atoms with Crippen LogP contribution in [0.1, 0.15) is 50.2 Å². The van der Waals surface area contributed by atoms with E-state index in [2.05, 4.69) is 46.3 Å². The van der Waals surface area contributed by atoms with E-state index >= 15 is 0 Å². The van der Waals surface area contributed by atoms with Gasteiger partial charge in [-0.15, -0.1) is 0 Å². The Morgan fingerprint density at radius 1 is 1.10 bits per heavy atom. The first kappa shape index (κ1) is 21.6. The third-order valence-electron chi connectivity index (χ3n) is 6.02. The second kappa shape index (κ2) is 11.2. The van der Waals surface area contributed by atoms with Crippen molar-refractivity contribution >= 4 is 11.9 Å². The normalized spacial score (nSPS) is 19.2. The molecule has 0 amide bonds. The van der Waals surface area contributed by atoms with E-state index in [0.29, 0.717) is 6.54 Å². The molecular formula is C23H36N4O2. The average molecular weight is 401 g/mol. The van der Waals surface area contributed by atoms with Gasteiger partial charge in [0, 0.05) is 26.2 Å². The summed E-state index contributed by atoms with van der Waals surface area (Å²) in [6.45, 7) is 8.72. The summed E-state index contributed by atoms with van der Waals surface area (Å²) in [4.78, 5) is 21.6. The Bertz CT molecular complexity index is 677. The topological polar surface area (TPSA) is 57.2 Å². The van der Waals surface area contributed by atoms with Crippen molar-refractivity contribution in [2.75, 3.05) is 39.8 Å². The molecule has 1 aromatic carbocycles. The maximum absolute atomic E-state index is 11.8. The van der Waals surface area contributed by atoms with E-state index in [1.54, 1.807) is 0 Å². The summed E-state index contributed by atoms with van der Waals surface area (Å²) in [5.74, 6) is 0.881. The van der Waals surface area contributed by atoms with Crippen LogP contribution in [0.2, 0.25) is 0 Å². The van der Waals surface area contributed by atoms with E-state index in [1.165, 1.54) is 50.6 Å². The van der Waals surface area contributed by atoms with Gasteiger partial charge in [0.15, 0.2) is 5.96 Å². The molecule has 3 rings (SSSR count). The van der Waals surface area contributed by atoms with E-state index in [-0.39, 0.29) is 11.9 Å². The fraction of sp³-hybridized carbons (Fsp3) is 0.652. The third kappa shape index (κ3) is 6.20. The minimum atomic E-state index is -0.0850. The summed E-state index contributed by atoms with van der Waals surface area (Å²) in [6.07, 6.45) is 5.63. The van der Waals surface area contributed by atoms with Gasteiger partial charge in [0.1, 0.15) is 0 Å². The predicted molar refractivity (Wildman–Crippen MR) is 117 cm³/mol. The zero-order valence-corrected chi connectivity index (χ0v) is 18.0. The van der Waals surface area contributed by atoms with Crippen LogP contribution in [0.25, 0.3) is 0 Å². The number of piperidine rings is 2. The number of ether oxygens (including phenoxy) is 1. The predicted octanol–water partition coefficient (Wildman–Crippen LogP) is 3.02. The zero-order chi connectivity index (χ0) is 20.5. The lowest BCUT2D eigenvalue weighted by Crippen LogP contribution is -2.46. The number of guanidine groups is 1. The molecule has 2 saturated heterocycles. The van der Waals surface area contributed by atoms with E-state index in [4.69, 9.17) is 9.73 Å². The van der Waals surface area contributed by atoms with E-state index < -0.39 is 0 Å². The summed E-state index contributed by atoms with van der Waals surface area (Å²) in [6, 6.07) is 8.69. The Balaban J connectivity index is 1.64. The molecule has 2 aliphatic rings. The largest absolute Gasteiger partial charge is 0.469 e. The lowest BCUT2D eigenvalue weighted by Gasteiger charge is -2.33. The standard InChI is InChI=1S/C23H36N4O2/c1-3-24-23(27-15-11-19(12-16-27)22(28)29-2)25-17-20-9-5-6-10-21(20)18-26-13-7-4-8-14-26/h5-6,9-10,19H,3-4,7-8,11-18H2,1-2H3,(H,24,25). The smallest absolute Gasteiger partial charge is 0.308 e. The molecule has 0 aliphatic carbocycles. The number of hydrogen-bond donors (Lipinski definition) is 1. The molecule has 6 nitrogen and oxygen atoms in total. The van der Waals surface area contributed by atoms with Crippen LogP contribution in [0.15, 0.2) is 29.3 Å². The van der Waals surface area contributed by atoms with Crippen LogP contribution in [0.4, 0.5) is 0 Å². The zero-order valence-electron chi connectivity index (χ0n) is 18.0. The Hall–Kier alpha value is -2.08. The van der Waals surface area contributed by atoms with Gasteiger partial charge in [-0.1, -0.05) is 30.7 Å². The van der Waals surface area contributed by atoms with Gasteiger partial charge in [0.2, 0.25) is 0 Å². The van der Waals surface area contributed by atoms with Crippen molar-refractivity contribution in [1.82, 2.24) is 15.1 Å². The average Bonchev–Trinajstić information content (AvgIpc) is 2.78. The van der Waals surface area contributed by atoms with Gasteiger partial charge >= 0.3 is 5.97 Å². The number of nitrogens with one attached hydrogen (secondary N) is 1. The van der Waals surface area contributed by atoms with Crippen LogP contribution in [-0.4, -0.2) is 61.6 Å². The van der Waals surface area contributed by atoms with Gasteiger partial charge in [0.05, 0.1) is 19.6 Å². The molecule has 0 spiro atoms. The molecule has 1 N–H and O–H groups in total. The first-order chi connectivity index (χ1) is 14.2. The summed E-state index contributed by atoms with van der Waals surface area (Å²) < 4.78 is 4.91. The molecule has 29 heavy (non-hydrogen) atoms. The van der Waals surface area contributed by atoms with Crippen molar-refractivity contribution in [1.29, 1.82) is 0 Å². The summed E-state index contributed by atoms with van der Waals surface area (Å²) in [5.41, 5.74) is 2.69. The van der Waals surface area contributed by atoms with Gasteiger partial charge in [-0.25, -0.2) is 4.99 Å². The van der Waals surface area contributed by atoms with Crippen LogP contribution in [0, 0.1) is 5.92 Å². The fourth-order valence-corrected chi connectivity index (χ4v) is 4.30. The highest BCUT2D eigenvalue weighted by Crippen LogP contribution is 2.20. The summed E-state index contributed by atoms with van der Waals surface area (Å²) in [5, 5.41) is 3.43. The highest BCUT2D eigenvalue weighted by Gasteiger charge is 2.27. The maximum atomic E-state index is 11.8. The Kier molecular flexibility index (Phi) is 8.35. The number of aliphatic imine (C=N–C) groups is 1. The number of carbonyl (C=O) groups excluding carboxylic acids is 1. The van der Waals surface area contributed by atoms with E-state index in [0.717, 1.165) is 45.0 Å². The van der Waals surface area contributed by atoms with Crippen LogP contribution >= 0.6 is 0 Å². The molecule has 2 aliphatic heterocycles. The van der Waals surface area contributed by atoms with Crippen LogP contribution < -0.4 is 5.32 Å². The molecule has 6 heteroatoms. The second-order valence-corrected chi connectivity index (χ2v) is 8.06. The number of nitrogens with zero attached hydrogens (tertiary/aromatic N) is 3. The molecule has 0 saturated carbocycles. The minimum Gasteiger partial charge on any atom is -0.469 e. The number of benzene rings is 1. The highest BCUT2D eigenvalue weighted by atomic mass is 16.5. The van der Waals surface area contributed by atoms with Gasteiger partial charge in [-0.3, -0.25) is 9.69 Å². The van der Waals surface area contributed by atoms with E-state index in [1.807, 2.05) is 0 Å². The minimum absolute atomic E-state index is 0.0180. The Morgan fingerprint density at radius 2 is 1.79 bits per heavy atom. The van der Waals surface area contributed by atoms with Gasteiger partial charge in [0.25, 0.3) is 0 Å². The molecule has 160 valence electrons. The molecular weight excluding hydrogens is 364 g/mol. The van der Waals surface area contributed by atoms with E-state index in [9.17, 15) is 4.79 Å². The van der Waals surface area contributed by atoms with Crippen LogP contribution in [0.3, 0.4) is 0 Å². The van der Waals surface area contributed by atoms with Gasteiger partial charge in [-0.2, -0.15) is 0 Å². The molecule has 1 aromatic rings. The first-order valence-corrected chi connectivity index (χ1v) is 11.1. The summed E-state index contributed by atoms with van der Waals surface area (Å²) in [7, 11) is 1.47. The van der Waals surface area contributed by atoms with Gasteiger partial charge in [-0.05, 0) is 56.8 Å². The molecule has 0 bridgehead atoms. The molecule has 2 heterocycles. The van der Waals surface area contributed by atoms with Crippen molar-refractivity contribution in [2.45, 2.75) is 52.1 Å². The molecule has 0 radical (unpaired) electrons. The quantitative estimate of drug-likeness (QED) is 0.452. The number of rotatable bonds is 6. The monoisotopic (exact) mass is 400 g/mol. The van der Waals surface area contributed by atoms with Crippen LogP contribution in [-0.2, 0) is 22.6 Å². The lowest BCUT2D eigenvalue weighted by molar-refractivity contribution is -0.146. The van der Waals surface area contributed by atoms with Crippen molar-refractivity contribution in [3.05, 3.63) is 35.4 Å². The Labute approximate surface area is 175 Å². The number of esters is 1. The number of carbonyl (C=O) groups is 1. The molecule has 2 fully saturated rings. The molecule has 0 aromatic heterocycles. The number of methoxy groups -OCH3 is 1. The lowest BCUT2D eigenvalue weighted by atomic mass is 9.97. The second-order valence-electron chi connectivity index (χ2n) is 8.06.